The second-order valence-corrected chi connectivity index (χ2v) is 6.85. The van der Waals surface area contributed by atoms with Crippen molar-refractivity contribution < 1.29 is 22.3 Å². The van der Waals surface area contributed by atoms with Crippen molar-refractivity contribution >= 4 is 27.3 Å². The SMILES string of the molecule is CCc1nc(COC(=O)c2cc(S(N)(=O)=O)ccc2F)cs1. The molecule has 6 nitrogen and oxygen atoms in total. The van der Waals surface area contributed by atoms with E-state index < -0.39 is 27.4 Å². The minimum atomic E-state index is -4.03. The van der Waals surface area contributed by atoms with E-state index in [0.717, 1.165) is 29.6 Å². The van der Waals surface area contributed by atoms with Crippen LogP contribution < -0.4 is 5.14 Å². The molecule has 1 aromatic carbocycles. The average Bonchev–Trinajstić information content (AvgIpc) is 2.92. The molecule has 1 heterocycles. The monoisotopic (exact) mass is 344 g/mol. The van der Waals surface area contributed by atoms with Crippen LogP contribution in [0.5, 0.6) is 0 Å². The van der Waals surface area contributed by atoms with E-state index in [1.807, 2.05) is 6.92 Å². The zero-order valence-electron chi connectivity index (χ0n) is 11.6. The maximum absolute atomic E-state index is 13.6. The number of esters is 1. The normalized spacial score (nSPS) is 11.4. The molecule has 0 saturated heterocycles. The summed E-state index contributed by atoms with van der Waals surface area (Å²) in [6, 6.07) is 2.69. The third kappa shape index (κ3) is 3.87. The van der Waals surface area contributed by atoms with Gasteiger partial charge in [-0.25, -0.2) is 27.7 Å². The van der Waals surface area contributed by atoms with Crippen LogP contribution in [0.1, 0.15) is 28.0 Å². The molecule has 2 N–H and O–H groups in total. The molecule has 9 heteroatoms. The van der Waals surface area contributed by atoms with E-state index in [4.69, 9.17) is 9.88 Å². The molecule has 0 aliphatic rings. The summed E-state index contributed by atoms with van der Waals surface area (Å²) in [4.78, 5) is 15.7. The minimum Gasteiger partial charge on any atom is -0.455 e. The molecule has 0 amide bonds. The number of carbonyl (C=O) groups is 1. The van der Waals surface area contributed by atoms with E-state index in [9.17, 15) is 17.6 Å². The standard InChI is InChI=1S/C13H13FN2O4S2/c1-2-12-16-8(7-21-12)6-20-13(17)10-5-9(22(15,18)19)3-4-11(10)14/h3-5,7H,2,6H2,1H3,(H2,15,18,19). The molecule has 0 radical (unpaired) electrons. The van der Waals surface area contributed by atoms with Crippen molar-refractivity contribution in [3.8, 4) is 0 Å². The summed E-state index contributed by atoms with van der Waals surface area (Å²) in [7, 11) is -4.03. The first-order valence-corrected chi connectivity index (χ1v) is 8.66. The van der Waals surface area contributed by atoms with Crippen LogP contribution >= 0.6 is 11.3 Å². The predicted molar refractivity (Wildman–Crippen MR) is 78.4 cm³/mol. The average molecular weight is 344 g/mol. The molecule has 22 heavy (non-hydrogen) atoms. The van der Waals surface area contributed by atoms with Crippen LogP contribution in [0.25, 0.3) is 0 Å². The van der Waals surface area contributed by atoms with E-state index in [0.29, 0.717) is 5.69 Å². The number of nitrogens with two attached hydrogens (primary N) is 1. The van der Waals surface area contributed by atoms with E-state index in [1.54, 1.807) is 5.38 Å². The van der Waals surface area contributed by atoms with Crippen molar-refractivity contribution in [2.45, 2.75) is 24.8 Å². The number of rotatable bonds is 5. The highest BCUT2D eigenvalue weighted by molar-refractivity contribution is 7.89. The van der Waals surface area contributed by atoms with Gasteiger partial charge in [-0.2, -0.15) is 0 Å². The van der Waals surface area contributed by atoms with Crippen molar-refractivity contribution in [3.05, 3.63) is 45.7 Å². The van der Waals surface area contributed by atoms with Crippen molar-refractivity contribution in [1.29, 1.82) is 0 Å². The summed E-state index contributed by atoms with van der Waals surface area (Å²) in [6.45, 7) is 1.83. The molecule has 0 atom stereocenters. The molecule has 118 valence electrons. The van der Waals surface area contributed by atoms with Crippen molar-refractivity contribution in [1.82, 2.24) is 4.98 Å². The molecule has 2 aromatic rings. The Bertz CT molecular complexity index is 802. The van der Waals surface area contributed by atoms with Gasteiger partial charge in [0.15, 0.2) is 0 Å². The molecule has 0 spiro atoms. The Morgan fingerprint density at radius 3 is 2.77 bits per heavy atom. The number of hydrogen-bond donors (Lipinski definition) is 1. The molecule has 0 bridgehead atoms. The molecule has 1 aromatic heterocycles. The number of primary sulfonamides is 1. The third-order valence-electron chi connectivity index (χ3n) is 2.74. The number of aromatic nitrogens is 1. The molecule has 0 aliphatic heterocycles. The first-order chi connectivity index (χ1) is 10.3. The Balaban J connectivity index is 2.15. The van der Waals surface area contributed by atoms with E-state index in [1.165, 1.54) is 11.3 Å². The van der Waals surface area contributed by atoms with Gasteiger partial charge < -0.3 is 4.74 Å². The molecule has 2 rings (SSSR count). The lowest BCUT2D eigenvalue weighted by atomic mass is 10.2. The molecule has 0 unspecified atom stereocenters. The van der Waals surface area contributed by atoms with Crippen molar-refractivity contribution in [3.63, 3.8) is 0 Å². The fourth-order valence-electron chi connectivity index (χ4n) is 1.63. The number of halogens is 1. The fraction of sp³-hybridized carbons (Fsp3) is 0.231. The number of hydrogen-bond acceptors (Lipinski definition) is 6. The lowest BCUT2D eigenvalue weighted by molar-refractivity contribution is 0.0462. The van der Waals surface area contributed by atoms with Gasteiger partial charge in [0.2, 0.25) is 10.0 Å². The number of thiazole rings is 1. The van der Waals surface area contributed by atoms with Crippen LogP contribution in [0, 0.1) is 5.82 Å². The van der Waals surface area contributed by atoms with Crippen LogP contribution in [0.4, 0.5) is 4.39 Å². The van der Waals surface area contributed by atoms with Crippen LogP contribution in [0.3, 0.4) is 0 Å². The third-order valence-corrected chi connectivity index (χ3v) is 4.69. The zero-order chi connectivity index (χ0) is 16.3. The van der Waals surface area contributed by atoms with Crippen molar-refractivity contribution in [2.75, 3.05) is 0 Å². The summed E-state index contributed by atoms with van der Waals surface area (Å²) >= 11 is 1.43. The zero-order valence-corrected chi connectivity index (χ0v) is 13.2. The van der Waals surface area contributed by atoms with Crippen molar-refractivity contribution in [2.24, 2.45) is 5.14 Å². The van der Waals surface area contributed by atoms with Crippen LogP contribution in [0.2, 0.25) is 0 Å². The maximum atomic E-state index is 13.6. The molecule has 0 saturated carbocycles. The van der Waals surface area contributed by atoms with Gasteiger partial charge >= 0.3 is 5.97 Å². The fourth-order valence-corrected chi connectivity index (χ4v) is 2.90. The Labute approximate surface area is 130 Å². The lowest BCUT2D eigenvalue weighted by Gasteiger charge is -2.06. The number of nitrogens with zero attached hydrogens (tertiary/aromatic N) is 1. The van der Waals surface area contributed by atoms with E-state index in [-0.39, 0.29) is 11.5 Å². The van der Waals surface area contributed by atoms with Gasteiger partial charge in [0, 0.05) is 5.38 Å². The first-order valence-electron chi connectivity index (χ1n) is 6.24. The van der Waals surface area contributed by atoms with Gasteiger partial charge in [-0.15, -0.1) is 11.3 Å². The number of carbonyl (C=O) groups excluding carboxylic acids is 1. The van der Waals surface area contributed by atoms with Gasteiger partial charge in [-0.1, -0.05) is 6.92 Å². The smallest absolute Gasteiger partial charge is 0.341 e. The second-order valence-electron chi connectivity index (χ2n) is 4.35. The summed E-state index contributed by atoms with van der Waals surface area (Å²) in [5.41, 5.74) is 0.0654. The van der Waals surface area contributed by atoms with Gasteiger partial charge in [-0.3, -0.25) is 0 Å². The van der Waals surface area contributed by atoms with Gasteiger partial charge in [0.25, 0.3) is 0 Å². The maximum Gasteiger partial charge on any atom is 0.341 e. The highest BCUT2D eigenvalue weighted by Crippen LogP contribution is 2.16. The lowest BCUT2D eigenvalue weighted by Crippen LogP contribution is -2.14. The molecular formula is C13H13FN2O4S2. The van der Waals surface area contributed by atoms with Gasteiger partial charge in [0.05, 0.1) is 21.2 Å². The summed E-state index contributed by atoms with van der Waals surface area (Å²) in [5.74, 6) is -1.86. The topological polar surface area (TPSA) is 99.3 Å². The van der Waals surface area contributed by atoms with Gasteiger partial charge in [0.1, 0.15) is 12.4 Å². The Hall–Kier alpha value is -1.84. The largest absolute Gasteiger partial charge is 0.455 e. The highest BCUT2D eigenvalue weighted by Gasteiger charge is 2.18. The Kier molecular flexibility index (Phi) is 4.89. The minimum absolute atomic E-state index is 0.117. The van der Waals surface area contributed by atoms with Crippen LogP contribution in [-0.4, -0.2) is 19.4 Å². The predicted octanol–water partition coefficient (Wildman–Crippen LogP) is 1.85. The first kappa shape index (κ1) is 16.5. The van der Waals surface area contributed by atoms with Gasteiger partial charge in [-0.05, 0) is 24.6 Å². The summed E-state index contributed by atoms with van der Waals surface area (Å²) < 4.78 is 41.1. The summed E-state index contributed by atoms with van der Waals surface area (Å²) in [6.07, 6.45) is 0.768. The number of sulfonamides is 1. The second kappa shape index (κ2) is 6.51. The van der Waals surface area contributed by atoms with Crippen LogP contribution in [-0.2, 0) is 27.8 Å². The quantitative estimate of drug-likeness (QED) is 0.835. The summed E-state index contributed by atoms with van der Waals surface area (Å²) in [5, 5.41) is 7.58. The highest BCUT2D eigenvalue weighted by atomic mass is 32.2. The van der Waals surface area contributed by atoms with E-state index >= 15 is 0 Å². The Morgan fingerprint density at radius 1 is 1.45 bits per heavy atom. The molecular weight excluding hydrogens is 331 g/mol. The van der Waals surface area contributed by atoms with Crippen LogP contribution in [0.15, 0.2) is 28.5 Å². The van der Waals surface area contributed by atoms with E-state index in [2.05, 4.69) is 4.98 Å². The number of benzene rings is 1. The number of ether oxygens (including phenoxy) is 1. The molecule has 0 aliphatic carbocycles. The number of aryl methyl sites for hydroxylation is 1. The Morgan fingerprint density at radius 2 is 2.18 bits per heavy atom. The molecule has 0 fully saturated rings.